The van der Waals surface area contributed by atoms with Gasteiger partial charge in [0.05, 0.1) is 0 Å². The molecule has 13 heavy (non-hydrogen) atoms. The van der Waals surface area contributed by atoms with E-state index in [1.165, 1.54) is 0 Å². The molecular formula is C10H20N2O. The molecule has 3 nitrogen and oxygen atoms in total. The van der Waals surface area contributed by atoms with Gasteiger partial charge in [0, 0.05) is 12.0 Å². The molecule has 0 heterocycles. The summed E-state index contributed by atoms with van der Waals surface area (Å²) < 4.78 is 0. The summed E-state index contributed by atoms with van der Waals surface area (Å²) in [7, 11) is 0. The molecule has 1 fully saturated rings. The van der Waals surface area contributed by atoms with Gasteiger partial charge in [-0.15, -0.1) is 0 Å². The van der Waals surface area contributed by atoms with Crippen LogP contribution in [0.2, 0.25) is 0 Å². The first kappa shape index (κ1) is 10.5. The van der Waals surface area contributed by atoms with E-state index >= 15 is 0 Å². The third-order valence-electron chi connectivity index (χ3n) is 3.13. The first-order chi connectivity index (χ1) is 5.83. The van der Waals surface area contributed by atoms with Gasteiger partial charge in [-0.2, -0.15) is 0 Å². The first-order valence-corrected chi connectivity index (χ1v) is 4.90. The lowest BCUT2D eigenvalue weighted by atomic mass is 9.69. The minimum Gasteiger partial charge on any atom is -0.370 e. The Morgan fingerprint density at radius 1 is 1.23 bits per heavy atom. The minimum atomic E-state index is -0.318. The van der Waals surface area contributed by atoms with E-state index in [0.717, 1.165) is 25.7 Å². The third-order valence-corrected chi connectivity index (χ3v) is 3.13. The van der Waals surface area contributed by atoms with Gasteiger partial charge < -0.3 is 11.5 Å². The van der Waals surface area contributed by atoms with Crippen LogP contribution < -0.4 is 11.5 Å². The molecule has 1 aliphatic rings. The zero-order valence-corrected chi connectivity index (χ0v) is 8.60. The van der Waals surface area contributed by atoms with Crippen molar-refractivity contribution < 1.29 is 4.79 Å². The Balaban J connectivity index is 2.51. The van der Waals surface area contributed by atoms with Crippen LogP contribution in [0.3, 0.4) is 0 Å². The Hall–Kier alpha value is -0.570. The van der Waals surface area contributed by atoms with Crippen molar-refractivity contribution in [2.24, 2.45) is 16.9 Å². The monoisotopic (exact) mass is 184 g/mol. The summed E-state index contributed by atoms with van der Waals surface area (Å²) >= 11 is 0. The van der Waals surface area contributed by atoms with Gasteiger partial charge in [0.25, 0.3) is 0 Å². The van der Waals surface area contributed by atoms with E-state index in [2.05, 4.69) is 13.8 Å². The summed E-state index contributed by atoms with van der Waals surface area (Å²) in [6.45, 7) is 4.49. The molecule has 1 aliphatic carbocycles. The number of amides is 1. The van der Waals surface area contributed by atoms with Crippen molar-refractivity contribution in [3.63, 3.8) is 0 Å². The second kappa shape index (κ2) is 3.29. The van der Waals surface area contributed by atoms with E-state index in [-0.39, 0.29) is 11.4 Å². The van der Waals surface area contributed by atoms with Crippen LogP contribution in [0.4, 0.5) is 0 Å². The number of hydrogen-bond donors (Lipinski definition) is 2. The van der Waals surface area contributed by atoms with Crippen LogP contribution >= 0.6 is 0 Å². The predicted octanol–water partition coefficient (Wildman–Crippen LogP) is 1.16. The average molecular weight is 184 g/mol. The standard InChI is InChI=1S/C10H20N2O/c1-9(2)3-5-10(12,6-4-9)7-8(11)13/h3-7,12H2,1-2H3,(H2,11,13). The highest BCUT2D eigenvalue weighted by Gasteiger charge is 2.36. The molecule has 1 amide bonds. The van der Waals surface area contributed by atoms with Crippen molar-refractivity contribution in [2.45, 2.75) is 51.5 Å². The van der Waals surface area contributed by atoms with E-state index in [9.17, 15) is 4.79 Å². The third kappa shape index (κ3) is 2.99. The molecule has 0 aromatic carbocycles. The molecule has 0 aromatic rings. The molecule has 3 heteroatoms. The number of nitrogens with two attached hydrogens (primary N) is 2. The second-order valence-electron chi connectivity index (χ2n) is 5.17. The van der Waals surface area contributed by atoms with Gasteiger partial charge in [0.1, 0.15) is 0 Å². The minimum absolute atomic E-state index is 0.276. The lowest BCUT2D eigenvalue weighted by molar-refractivity contribution is -0.119. The number of carbonyl (C=O) groups excluding carboxylic acids is 1. The van der Waals surface area contributed by atoms with Gasteiger partial charge in [-0.25, -0.2) is 0 Å². The molecule has 0 radical (unpaired) electrons. The molecule has 0 aromatic heterocycles. The van der Waals surface area contributed by atoms with Gasteiger partial charge >= 0.3 is 0 Å². The van der Waals surface area contributed by atoms with Crippen LogP contribution in [0.15, 0.2) is 0 Å². The Morgan fingerprint density at radius 2 is 1.69 bits per heavy atom. The van der Waals surface area contributed by atoms with Gasteiger partial charge in [-0.1, -0.05) is 13.8 Å². The highest BCUT2D eigenvalue weighted by atomic mass is 16.1. The SMILES string of the molecule is CC1(C)CCC(N)(CC(N)=O)CC1. The van der Waals surface area contributed by atoms with Gasteiger partial charge in [-0.05, 0) is 31.1 Å². The maximum Gasteiger partial charge on any atom is 0.219 e. The Morgan fingerprint density at radius 3 is 2.08 bits per heavy atom. The van der Waals surface area contributed by atoms with Crippen molar-refractivity contribution in [1.82, 2.24) is 0 Å². The van der Waals surface area contributed by atoms with Crippen LogP contribution in [-0.4, -0.2) is 11.4 Å². The largest absolute Gasteiger partial charge is 0.370 e. The highest BCUT2D eigenvalue weighted by molar-refractivity contribution is 5.75. The maximum atomic E-state index is 10.8. The molecule has 0 atom stereocenters. The van der Waals surface area contributed by atoms with E-state index < -0.39 is 0 Å². The van der Waals surface area contributed by atoms with Gasteiger partial charge in [0.2, 0.25) is 5.91 Å². The molecule has 0 aliphatic heterocycles. The van der Waals surface area contributed by atoms with E-state index in [0.29, 0.717) is 11.8 Å². The van der Waals surface area contributed by atoms with Crippen LogP contribution in [-0.2, 0) is 4.79 Å². The van der Waals surface area contributed by atoms with E-state index in [1.54, 1.807) is 0 Å². The van der Waals surface area contributed by atoms with Crippen LogP contribution in [0, 0.1) is 5.41 Å². The summed E-state index contributed by atoms with van der Waals surface area (Å²) in [4.78, 5) is 10.8. The lowest BCUT2D eigenvalue weighted by Crippen LogP contribution is -2.47. The molecule has 0 bridgehead atoms. The van der Waals surface area contributed by atoms with Crippen molar-refractivity contribution in [3.05, 3.63) is 0 Å². The molecule has 76 valence electrons. The van der Waals surface area contributed by atoms with Crippen molar-refractivity contribution in [1.29, 1.82) is 0 Å². The van der Waals surface area contributed by atoms with Gasteiger partial charge in [0.15, 0.2) is 0 Å². The lowest BCUT2D eigenvalue weighted by Gasteiger charge is -2.40. The van der Waals surface area contributed by atoms with Crippen LogP contribution in [0.1, 0.15) is 46.0 Å². The molecule has 1 saturated carbocycles. The van der Waals surface area contributed by atoms with Crippen molar-refractivity contribution in [2.75, 3.05) is 0 Å². The van der Waals surface area contributed by atoms with Crippen molar-refractivity contribution >= 4 is 5.91 Å². The summed E-state index contributed by atoms with van der Waals surface area (Å²) in [5.74, 6) is -0.276. The average Bonchev–Trinajstić information content (AvgIpc) is 1.95. The van der Waals surface area contributed by atoms with Crippen LogP contribution in [0.5, 0.6) is 0 Å². The Kier molecular flexibility index (Phi) is 2.66. The quantitative estimate of drug-likeness (QED) is 0.676. The molecule has 1 rings (SSSR count). The zero-order valence-electron chi connectivity index (χ0n) is 8.60. The number of rotatable bonds is 2. The number of hydrogen-bond acceptors (Lipinski definition) is 2. The smallest absolute Gasteiger partial charge is 0.219 e. The van der Waals surface area contributed by atoms with Gasteiger partial charge in [-0.3, -0.25) is 4.79 Å². The topological polar surface area (TPSA) is 69.1 Å². The highest BCUT2D eigenvalue weighted by Crippen LogP contribution is 2.40. The zero-order chi connectivity index (χ0) is 10.1. The summed E-state index contributed by atoms with van der Waals surface area (Å²) in [6.07, 6.45) is 4.36. The summed E-state index contributed by atoms with van der Waals surface area (Å²) in [6, 6.07) is 0. The molecule has 0 unspecified atom stereocenters. The predicted molar refractivity (Wildman–Crippen MR) is 53.0 cm³/mol. The molecule has 0 spiro atoms. The fourth-order valence-electron chi connectivity index (χ4n) is 1.95. The molecule has 0 saturated heterocycles. The van der Waals surface area contributed by atoms with E-state index in [4.69, 9.17) is 11.5 Å². The second-order valence-corrected chi connectivity index (χ2v) is 5.17. The summed E-state index contributed by atoms with van der Waals surface area (Å²) in [5.41, 5.74) is 11.3. The molecule has 4 N–H and O–H groups in total. The Labute approximate surface area is 79.9 Å². The first-order valence-electron chi connectivity index (χ1n) is 4.90. The fourth-order valence-corrected chi connectivity index (χ4v) is 1.95. The normalized spacial score (nSPS) is 25.5. The fraction of sp³-hybridized carbons (Fsp3) is 0.900. The van der Waals surface area contributed by atoms with Crippen molar-refractivity contribution in [3.8, 4) is 0 Å². The maximum absolute atomic E-state index is 10.8. The van der Waals surface area contributed by atoms with Crippen LogP contribution in [0.25, 0.3) is 0 Å². The van der Waals surface area contributed by atoms with E-state index in [1.807, 2.05) is 0 Å². The number of carbonyl (C=O) groups is 1. The summed E-state index contributed by atoms with van der Waals surface area (Å²) in [5, 5.41) is 0. The molecular weight excluding hydrogens is 164 g/mol. The number of primary amides is 1. The Bertz CT molecular complexity index is 201.